The Morgan fingerprint density at radius 1 is 1.03 bits per heavy atom. The summed E-state index contributed by atoms with van der Waals surface area (Å²) in [6.45, 7) is -1.50. The van der Waals surface area contributed by atoms with Crippen molar-refractivity contribution in [2.75, 3.05) is 6.61 Å². The van der Waals surface area contributed by atoms with Gasteiger partial charge in [0.25, 0.3) is 5.56 Å². The van der Waals surface area contributed by atoms with E-state index in [1.54, 1.807) is 0 Å². The lowest BCUT2D eigenvalue weighted by atomic mass is 10.2. The number of hydrogen-bond acceptors (Lipinski definition) is 4. The Hall–Kier alpha value is -3.31. The molecule has 1 N–H and O–H groups in total. The number of alkyl halides is 6. The number of halogens is 6. The highest BCUT2D eigenvalue weighted by Crippen LogP contribution is 2.24. The maximum absolute atomic E-state index is 12.7. The van der Waals surface area contributed by atoms with Crippen molar-refractivity contribution in [3.8, 4) is 22.7 Å². The minimum absolute atomic E-state index is 0.107. The number of benzene rings is 1. The molecular weight excluding hydrogens is 418 g/mol. The molecule has 0 aliphatic rings. The third kappa shape index (κ3) is 5.61. The fourth-order valence-electron chi connectivity index (χ4n) is 2.62. The fourth-order valence-corrected chi connectivity index (χ4v) is 2.62. The summed E-state index contributed by atoms with van der Waals surface area (Å²) in [5.74, 6) is -0.260. The standard InChI is InChI=1S/C18H14F6N4O2/c19-17(20,21)6-5-15-27-14(11-8-25-26-9-11)7-16(29)28(15)12-1-3-13(4-2-12)30-10-18(22,23)24/h1-4,7-9H,5-6,10H2,(H,25,26). The SMILES string of the molecule is O=c1cc(-c2cn[nH]c2)nc(CCC(F)(F)F)n1-c1ccc(OCC(F)(F)F)cc1. The van der Waals surface area contributed by atoms with E-state index in [1.165, 1.54) is 36.7 Å². The van der Waals surface area contributed by atoms with Crippen LogP contribution in [0.4, 0.5) is 26.3 Å². The predicted molar refractivity (Wildman–Crippen MR) is 93.3 cm³/mol. The Morgan fingerprint density at radius 2 is 1.73 bits per heavy atom. The summed E-state index contributed by atoms with van der Waals surface area (Å²) in [5, 5.41) is 6.25. The highest BCUT2D eigenvalue weighted by molar-refractivity contribution is 5.56. The molecule has 2 heterocycles. The molecule has 0 radical (unpaired) electrons. The molecule has 3 rings (SSSR count). The average Bonchev–Trinajstić information content (AvgIpc) is 3.18. The van der Waals surface area contributed by atoms with Crippen molar-refractivity contribution in [3.63, 3.8) is 0 Å². The molecule has 0 saturated heterocycles. The van der Waals surface area contributed by atoms with Crippen LogP contribution in [0, 0.1) is 0 Å². The molecule has 0 atom stereocenters. The lowest BCUT2D eigenvalue weighted by Gasteiger charge is -2.15. The Bertz CT molecular complexity index is 1040. The lowest BCUT2D eigenvalue weighted by Crippen LogP contribution is -2.24. The highest BCUT2D eigenvalue weighted by atomic mass is 19.4. The first kappa shape index (κ1) is 21.4. The second kappa shape index (κ2) is 8.20. The first-order valence-electron chi connectivity index (χ1n) is 8.51. The van der Waals surface area contributed by atoms with Crippen molar-refractivity contribution in [2.24, 2.45) is 0 Å². The molecule has 0 aliphatic heterocycles. The van der Waals surface area contributed by atoms with E-state index in [9.17, 15) is 31.1 Å². The largest absolute Gasteiger partial charge is 0.484 e. The first-order valence-corrected chi connectivity index (χ1v) is 8.51. The maximum atomic E-state index is 12.7. The number of ether oxygens (including phenoxy) is 1. The third-order valence-electron chi connectivity index (χ3n) is 3.91. The van der Waals surface area contributed by atoms with Crippen LogP contribution in [0.1, 0.15) is 12.2 Å². The molecule has 0 bridgehead atoms. The Balaban J connectivity index is 1.97. The van der Waals surface area contributed by atoms with E-state index in [0.29, 0.717) is 5.56 Å². The monoisotopic (exact) mass is 432 g/mol. The van der Waals surface area contributed by atoms with Crippen LogP contribution in [0.25, 0.3) is 16.9 Å². The highest BCUT2D eigenvalue weighted by Gasteiger charge is 2.29. The molecule has 160 valence electrons. The summed E-state index contributed by atoms with van der Waals surface area (Å²) in [6, 6.07) is 6.04. The predicted octanol–water partition coefficient (Wildman–Crippen LogP) is 4.06. The molecule has 0 spiro atoms. The van der Waals surface area contributed by atoms with E-state index < -0.39 is 37.4 Å². The summed E-state index contributed by atoms with van der Waals surface area (Å²) < 4.78 is 80.6. The van der Waals surface area contributed by atoms with E-state index in [2.05, 4.69) is 19.9 Å². The van der Waals surface area contributed by atoms with E-state index in [0.717, 1.165) is 10.6 Å². The van der Waals surface area contributed by atoms with Gasteiger partial charge < -0.3 is 4.74 Å². The number of nitrogens with one attached hydrogen (secondary N) is 1. The van der Waals surface area contributed by atoms with Crippen molar-refractivity contribution < 1.29 is 31.1 Å². The van der Waals surface area contributed by atoms with E-state index in [-0.39, 0.29) is 23.0 Å². The summed E-state index contributed by atoms with van der Waals surface area (Å²) in [5.41, 5.74) is 0.0563. The Kier molecular flexibility index (Phi) is 5.85. The second-order valence-electron chi connectivity index (χ2n) is 6.23. The van der Waals surface area contributed by atoms with Crippen LogP contribution in [-0.4, -0.2) is 38.7 Å². The number of H-pyrrole nitrogens is 1. The molecule has 6 nitrogen and oxygen atoms in total. The molecule has 0 fully saturated rings. The van der Waals surface area contributed by atoms with Gasteiger partial charge in [-0.3, -0.25) is 14.5 Å². The van der Waals surface area contributed by atoms with Gasteiger partial charge in [0.2, 0.25) is 0 Å². The number of rotatable bonds is 6. The third-order valence-corrected chi connectivity index (χ3v) is 3.91. The zero-order valence-corrected chi connectivity index (χ0v) is 15.1. The molecule has 30 heavy (non-hydrogen) atoms. The second-order valence-corrected chi connectivity index (χ2v) is 6.23. The van der Waals surface area contributed by atoms with Crippen molar-refractivity contribution >= 4 is 0 Å². The maximum Gasteiger partial charge on any atom is 0.422 e. The molecule has 0 saturated carbocycles. The van der Waals surface area contributed by atoms with Gasteiger partial charge in [-0.2, -0.15) is 31.4 Å². The van der Waals surface area contributed by atoms with Crippen LogP contribution in [0.3, 0.4) is 0 Å². The molecule has 0 unspecified atom stereocenters. The molecule has 3 aromatic rings. The minimum Gasteiger partial charge on any atom is -0.484 e. The fraction of sp³-hybridized carbons (Fsp3) is 0.278. The summed E-state index contributed by atoms with van der Waals surface area (Å²) in [4.78, 5) is 16.8. The van der Waals surface area contributed by atoms with E-state index in [4.69, 9.17) is 0 Å². The van der Waals surface area contributed by atoms with Crippen molar-refractivity contribution in [3.05, 3.63) is 58.9 Å². The van der Waals surface area contributed by atoms with Crippen molar-refractivity contribution in [2.45, 2.75) is 25.2 Å². The van der Waals surface area contributed by atoms with Gasteiger partial charge in [-0.1, -0.05) is 0 Å². The van der Waals surface area contributed by atoms with Crippen molar-refractivity contribution in [1.29, 1.82) is 0 Å². The normalized spacial score (nSPS) is 12.2. The Morgan fingerprint density at radius 3 is 2.30 bits per heavy atom. The molecular formula is C18H14F6N4O2. The topological polar surface area (TPSA) is 72.8 Å². The van der Waals surface area contributed by atoms with Crippen LogP contribution < -0.4 is 10.3 Å². The molecule has 0 amide bonds. The Labute approximate surface area is 165 Å². The molecule has 0 aliphatic carbocycles. The number of hydrogen-bond donors (Lipinski definition) is 1. The number of aryl methyl sites for hydroxylation is 1. The smallest absolute Gasteiger partial charge is 0.422 e. The van der Waals surface area contributed by atoms with E-state index >= 15 is 0 Å². The van der Waals surface area contributed by atoms with Gasteiger partial charge in [-0.05, 0) is 24.3 Å². The molecule has 2 aromatic heterocycles. The lowest BCUT2D eigenvalue weighted by molar-refractivity contribution is -0.153. The minimum atomic E-state index is -4.52. The van der Waals surface area contributed by atoms with E-state index in [1.807, 2.05) is 0 Å². The summed E-state index contributed by atoms with van der Waals surface area (Å²) in [7, 11) is 0. The zero-order chi connectivity index (χ0) is 21.9. The van der Waals surface area contributed by atoms with Gasteiger partial charge in [-0.25, -0.2) is 4.98 Å². The van der Waals surface area contributed by atoms with Gasteiger partial charge in [0.1, 0.15) is 11.6 Å². The zero-order valence-electron chi connectivity index (χ0n) is 15.1. The van der Waals surface area contributed by atoms with Gasteiger partial charge in [0, 0.05) is 24.2 Å². The van der Waals surface area contributed by atoms with Crippen LogP contribution in [0.15, 0.2) is 47.5 Å². The van der Waals surface area contributed by atoms with Crippen molar-refractivity contribution in [1.82, 2.24) is 19.7 Å². The van der Waals surface area contributed by atoms with Gasteiger partial charge >= 0.3 is 12.4 Å². The summed E-state index contributed by atoms with van der Waals surface area (Å²) >= 11 is 0. The molecule has 1 aromatic carbocycles. The van der Waals surface area contributed by atoms with Gasteiger partial charge in [0.05, 0.1) is 24.0 Å². The van der Waals surface area contributed by atoms with Crippen LogP contribution in [-0.2, 0) is 6.42 Å². The van der Waals surface area contributed by atoms with Gasteiger partial charge in [0.15, 0.2) is 6.61 Å². The number of aromatic nitrogens is 4. The number of aromatic amines is 1. The van der Waals surface area contributed by atoms with Gasteiger partial charge in [-0.15, -0.1) is 0 Å². The van der Waals surface area contributed by atoms with Crippen LogP contribution in [0.2, 0.25) is 0 Å². The number of nitrogens with zero attached hydrogens (tertiary/aromatic N) is 3. The average molecular weight is 432 g/mol. The van der Waals surface area contributed by atoms with Crippen LogP contribution >= 0.6 is 0 Å². The molecule has 12 heteroatoms. The van der Waals surface area contributed by atoms with Crippen LogP contribution in [0.5, 0.6) is 5.75 Å². The summed E-state index contributed by atoms with van der Waals surface area (Å²) in [6.07, 6.45) is -7.96. The quantitative estimate of drug-likeness (QED) is 0.597. The first-order chi connectivity index (χ1) is 14.0.